The van der Waals surface area contributed by atoms with Crippen LogP contribution in [0.15, 0.2) is 12.2 Å². The van der Waals surface area contributed by atoms with Gasteiger partial charge in [0.2, 0.25) is 5.91 Å². The molecule has 0 aromatic rings. The summed E-state index contributed by atoms with van der Waals surface area (Å²) in [5.74, 6) is 0.591. The highest BCUT2D eigenvalue weighted by atomic mass is 16.3. The minimum atomic E-state index is 0.0556. The molecule has 0 bridgehead atoms. The lowest BCUT2D eigenvalue weighted by Gasteiger charge is -2.21. The molecule has 1 rings (SSSR count). The maximum Gasteiger partial charge on any atom is 0.223 e. The molecule has 0 aromatic heterocycles. The SMILES string of the molecule is CCN(CCO)C(=O)CC1C=CCC1. The van der Waals surface area contributed by atoms with Gasteiger partial charge < -0.3 is 10.0 Å². The summed E-state index contributed by atoms with van der Waals surface area (Å²) in [6.07, 6.45) is 7.07. The van der Waals surface area contributed by atoms with E-state index in [1.54, 1.807) is 4.90 Å². The molecule has 0 aromatic carbocycles. The maximum atomic E-state index is 11.7. The normalized spacial score (nSPS) is 20.0. The number of hydrogen-bond acceptors (Lipinski definition) is 2. The minimum Gasteiger partial charge on any atom is -0.395 e. The van der Waals surface area contributed by atoms with Gasteiger partial charge in [0.1, 0.15) is 0 Å². The molecule has 1 aliphatic carbocycles. The lowest BCUT2D eigenvalue weighted by atomic mass is 10.0. The number of aliphatic hydroxyl groups excluding tert-OH is 1. The van der Waals surface area contributed by atoms with Crippen molar-refractivity contribution in [3.8, 4) is 0 Å². The Morgan fingerprint density at radius 1 is 1.64 bits per heavy atom. The average molecular weight is 197 g/mol. The van der Waals surface area contributed by atoms with Crippen LogP contribution in [0.3, 0.4) is 0 Å². The maximum absolute atomic E-state index is 11.7. The van der Waals surface area contributed by atoms with Crippen molar-refractivity contribution < 1.29 is 9.90 Å². The van der Waals surface area contributed by atoms with E-state index in [2.05, 4.69) is 12.2 Å². The lowest BCUT2D eigenvalue weighted by Crippen LogP contribution is -2.34. The summed E-state index contributed by atoms with van der Waals surface area (Å²) >= 11 is 0. The van der Waals surface area contributed by atoms with Crippen LogP contribution in [-0.2, 0) is 4.79 Å². The zero-order valence-electron chi connectivity index (χ0n) is 8.78. The largest absolute Gasteiger partial charge is 0.395 e. The van der Waals surface area contributed by atoms with E-state index in [9.17, 15) is 4.79 Å². The first-order valence-electron chi connectivity index (χ1n) is 5.33. The van der Waals surface area contributed by atoms with Crippen molar-refractivity contribution >= 4 is 5.91 Å². The molecule has 0 fully saturated rings. The van der Waals surface area contributed by atoms with E-state index in [4.69, 9.17) is 5.11 Å². The van der Waals surface area contributed by atoms with Crippen LogP contribution in [0, 0.1) is 5.92 Å². The number of amides is 1. The van der Waals surface area contributed by atoms with E-state index >= 15 is 0 Å². The van der Waals surface area contributed by atoms with Gasteiger partial charge >= 0.3 is 0 Å². The predicted octanol–water partition coefficient (Wildman–Crippen LogP) is 1.18. The van der Waals surface area contributed by atoms with Gasteiger partial charge in [-0.05, 0) is 25.7 Å². The fraction of sp³-hybridized carbons (Fsp3) is 0.727. The first-order chi connectivity index (χ1) is 6.77. The van der Waals surface area contributed by atoms with E-state index in [0.717, 1.165) is 12.8 Å². The molecule has 1 unspecified atom stereocenters. The third kappa shape index (κ3) is 3.14. The Morgan fingerprint density at radius 3 is 2.93 bits per heavy atom. The zero-order chi connectivity index (χ0) is 10.4. The molecule has 0 heterocycles. The molecule has 0 saturated heterocycles. The van der Waals surface area contributed by atoms with Crippen LogP contribution in [0.2, 0.25) is 0 Å². The van der Waals surface area contributed by atoms with E-state index in [1.807, 2.05) is 6.92 Å². The number of likely N-dealkylation sites (N-methyl/N-ethyl adjacent to an activating group) is 1. The van der Waals surface area contributed by atoms with Crippen molar-refractivity contribution in [3.05, 3.63) is 12.2 Å². The summed E-state index contributed by atoms with van der Waals surface area (Å²) in [6.45, 7) is 3.15. The van der Waals surface area contributed by atoms with Gasteiger partial charge in [-0.1, -0.05) is 12.2 Å². The summed E-state index contributed by atoms with van der Waals surface area (Å²) in [5, 5.41) is 8.77. The molecule has 1 atom stereocenters. The van der Waals surface area contributed by atoms with E-state index < -0.39 is 0 Å². The standard InChI is InChI=1S/C11H19NO2/c1-2-12(7-8-13)11(14)9-10-5-3-4-6-10/h3,5,10,13H,2,4,6-9H2,1H3. The Labute approximate surface area is 85.4 Å². The lowest BCUT2D eigenvalue weighted by molar-refractivity contribution is -0.132. The van der Waals surface area contributed by atoms with Crippen LogP contribution < -0.4 is 0 Å². The van der Waals surface area contributed by atoms with E-state index in [0.29, 0.717) is 25.4 Å². The van der Waals surface area contributed by atoms with Crippen molar-refractivity contribution in [1.29, 1.82) is 0 Å². The second-order valence-electron chi connectivity index (χ2n) is 3.67. The molecule has 3 heteroatoms. The molecule has 1 N–H and O–H groups in total. The Bertz CT molecular complexity index is 213. The molecular weight excluding hydrogens is 178 g/mol. The Kier molecular flexibility index (Phi) is 4.66. The first-order valence-corrected chi connectivity index (χ1v) is 5.33. The third-order valence-corrected chi connectivity index (χ3v) is 2.65. The summed E-state index contributed by atoms with van der Waals surface area (Å²) in [7, 11) is 0. The van der Waals surface area contributed by atoms with Crippen molar-refractivity contribution in [2.45, 2.75) is 26.2 Å². The van der Waals surface area contributed by atoms with Gasteiger partial charge in [-0.2, -0.15) is 0 Å². The van der Waals surface area contributed by atoms with Crippen molar-refractivity contribution in [3.63, 3.8) is 0 Å². The Morgan fingerprint density at radius 2 is 2.43 bits per heavy atom. The van der Waals surface area contributed by atoms with Crippen molar-refractivity contribution in [1.82, 2.24) is 4.90 Å². The van der Waals surface area contributed by atoms with Gasteiger partial charge in [-0.25, -0.2) is 0 Å². The molecular formula is C11H19NO2. The van der Waals surface area contributed by atoms with Crippen molar-refractivity contribution in [2.75, 3.05) is 19.7 Å². The van der Waals surface area contributed by atoms with Crippen molar-refractivity contribution in [2.24, 2.45) is 5.92 Å². The number of aliphatic hydroxyl groups is 1. The van der Waals surface area contributed by atoms with Crippen LogP contribution >= 0.6 is 0 Å². The Balaban J connectivity index is 2.34. The number of allylic oxidation sites excluding steroid dienone is 2. The Hall–Kier alpha value is -0.830. The van der Waals surface area contributed by atoms with Gasteiger partial charge in [0, 0.05) is 19.5 Å². The van der Waals surface area contributed by atoms with Gasteiger partial charge in [0.25, 0.3) is 0 Å². The van der Waals surface area contributed by atoms with E-state index in [-0.39, 0.29) is 12.5 Å². The zero-order valence-corrected chi connectivity index (χ0v) is 8.78. The van der Waals surface area contributed by atoms with Gasteiger partial charge in [0.05, 0.1) is 6.61 Å². The topological polar surface area (TPSA) is 40.5 Å². The first kappa shape index (κ1) is 11.2. The fourth-order valence-corrected chi connectivity index (χ4v) is 1.80. The van der Waals surface area contributed by atoms with Gasteiger partial charge in [0.15, 0.2) is 0 Å². The highest BCUT2D eigenvalue weighted by Crippen LogP contribution is 2.21. The van der Waals surface area contributed by atoms with E-state index in [1.165, 1.54) is 0 Å². The van der Waals surface area contributed by atoms with Crippen LogP contribution in [0.1, 0.15) is 26.2 Å². The summed E-state index contributed by atoms with van der Waals surface area (Å²) in [5.41, 5.74) is 0. The summed E-state index contributed by atoms with van der Waals surface area (Å²) in [6, 6.07) is 0. The second-order valence-corrected chi connectivity index (χ2v) is 3.67. The van der Waals surface area contributed by atoms with Crippen LogP contribution in [0.25, 0.3) is 0 Å². The molecule has 80 valence electrons. The van der Waals surface area contributed by atoms with Gasteiger partial charge in [-0.15, -0.1) is 0 Å². The molecule has 14 heavy (non-hydrogen) atoms. The number of carbonyl (C=O) groups is 1. The number of rotatable bonds is 5. The molecule has 1 amide bonds. The van der Waals surface area contributed by atoms with Crippen LogP contribution in [-0.4, -0.2) is 35.6 Å². The predicted molar refractivity (Wildman–Crippen MR) is 55.8 cm³/mol. The average Bonchev–Trinajstić information content (AvgIpc) is 2.66. The summed E-state index contributed by atoms with van der Waals surface area (Å²) in [4.78, 5) is 13.4. The molecule has 1 aliphatic rings. The molecule has 0 aliphatic heterocycles. The van der Waals surface area contributed by atoms with Crippen LogP contribution in [0.4, 0.5) is 0 Å². The highest BCUT2D eigenvalue weighted by Gasteiger charge is 2.17. The van der Waals surface area contributed by atoms with Crippen LogP contribution in [0.5, 0.6) is 0 Å². The fourth-order valence-electron chi connectivity index (χ4n) is 1.80. The highest BCUT2D eigenvalue weighted by molar-refractivity contribution is 5.76. The number of nitrogens with zero attached hydrogens (tertiary/aromatic N) is 1. The molecule has 0 spiro atoms. The number of hydrogen-bond donors (Lipinski definition) is 1. The third-order valence-electron chi connectivity index (χ3n) is 2.65. The number of carbonyl (C=O) groups excluding carboxylic acids is 1. The molecule has 3 nitrogen and oxygen atoms in total. The molecule has 0 saturated carbocycles. The van der Waals surface area contributed by atoms with Gasteiger partial charge in [-0.3, -0.25) is 4.79 Å². The smallest absolute Gasteiger partial charge is 0.223 e. The second kappa shape index (κ2) is 5.81. The monoisotopic (exact) mass is 197 g/mol. The quantitative estimate of drug-likeness (QED) is 0.672. The minimum absolute atomic E-state index is 0.0556. The molecule has 0 radical (unpaired) electrons. The summed E-state index contributed by atoms with van der Waals surface area (Å²) < 4.78 is 0.